The molecule has 1 aromatic rings. The van der Waals surface area contributed by atoms with Crippen LogP contribution in [0.15, 0.2) is 18.2 Å². The summed E-state index contributed by atoms with van der Waals surface area (Å²) in [7, 11) is 0. The lowest BCUT2D eigenvalue weighted by molar-refractivity contribution is 0.141. The van der Waals surface area contributed by atoms with Crippen LogP contribution in [0.5, 0.6) is 0 Å². The second-order valence-corrected chi connectivity index (χ2v) is 6.83. The average molecular weight is 293 g/mol. The van der Waals surface area contributed by atoms with Crippen molar-refractivity contribution in [1.29, 1.82) is 0 Å². The zero-order chi connectivity index (χ0) is 14.1. The van der Waals surface area contributed by atoms with E-state index in [1.54, 1.807) is 0 Å². The van der Waals surface area contributed by atoms with Crippen LogP contribution in [-0.4, -0.2) is 29.6 Å². The molecule has 1 aromatic carbocycles. The molecule has 0 aromatic heterocycles. The van der Waals surface area contributed by atoms with Crippen molar-refractivity contribution in [2.24, 2.45) is 0 Å². The highest BCUT2D eigenvalue weighted by Crippen LogP contribution is 2.31. The second-order valence-electron chi connectivity index (χ2n) is 6.42. The Kier molecular flexibility index (Phi) is 4.34. The fourth-order valence-corrected chi connectivity index (χ4v) is 4.12. The molecule has 2 aliphatic heterocycles. The maximum absolute atomic E-state index is 6.40. The summed E-state index contributed by atoms with van der Waals surface area (Å²) < 4.78 is 0. The van der Waals surface area contributed by atoms with Gasteiger partial charge in [-0.3, -0.25) is 4.90 Å². The van der Waals surface area contributed by atoms with E-state index in [-0.39, 0.29) is 0 Å². The summed E-state index contributed by atoms with van der Waals surface area (Å²) >= 11 is 6.40. The molecule has 110 valence electrons. The van der Waals surface area contributed by atoms with Crippen LogP contribution in [0.2, 0.25) is 5.02 Å². The van der Waals surface area contributed by atoms with Crippen LogP contribution < -0.4 is 5.32 Å². The molecule has 0 aliphatic carbocycles. The van der Waals surface area contributed by atoms with Gasteiger partial charge in [-0.1, -0.05) is 30.7 Å². The van der Waals surface area contributed by atoms with Crippen LogP contribution in [0.3, 0.4) is 0 Å². The number of rotatable bonds is 4. The molecule has 2 atom stereocenters. The Bertz CT molecular complexity index is 462. The van der Waals surface area contributed by atoms with Crippen LogP contribution in [0.25, 0.3) is 0 Å². The topological polar surface area (TPSA) is 15.3 Å². The first kappa shape index (κ1) is 14.4. The number of benzene rings is 1. The van der Waals surface area contributed by atoms with E-state index in [2.05, 4.69) is 42.3 Å². The molecule has 3 heteroatoms. The molecule has 1 N–H and O–H groups in total. The molecule has 2 unspecified atom stereocenters. The Balaban J connectivity index is 1.70. The molecule has 2 nitrogen and oxygen atoms in total. The van der Waals surface area contributed by atoms with Gasteiger partial charge in [0.2, 0.25) is 0 Å². The van der Waals surface area contributed by atoms with Crippen LogP contribution in [0.4, 0.5) is 0 Å². The quantitative estimate of drug-likeness (QED) is 0.909. The molecule has 2 fully saturated rings. The lowest BCUT2D eigenvalue weighted by atomic mass is 9.97. The minimum absolute atomic E-state index is 0.719. The van der Waals surface area contributed by atoms with Crippen molar-refractivity contribution in [3.8, 4) is 0 Å². The van der Waals surface area contributed by atoms with Crippen molar-refractivity contribution < 1.29 is 0 Å². The zero-order valence-electron chi connectivity index (χ0n) is 12.5. The van der Waals surface area contributed by atoms with E-state index in [0.717, 1.165) is 36.2 Å². The summed E-state index contributed by atoms with van der Waals surface area (Å²) in [4.78, 5) is 2.61. The fraction of sp³-hybridized carbons (Fsp3) is 0.647. The lowest BCUT2D eigenvalue weighted by Gasteiger charge is -2.37. The van der Waals surface area contributed by atoms with Gasteiger partial charge in [0, 0.05) is 29.7 Å². The van der Waals surface area contributed by atoms with Gasteiger partial charge in [-0.2, -0.15) is 0 Å². The third-order valence-corrected chi connectivity index (χ3v) is 5.30. The van der Waals surface area contributed by atoms with E-state index in [1.165, 1.54) is 36.8 Å². The Hall–Kier alpha value is -0.570. The second kappa shape index (κ2) is 6.05. The summed E-state index contributed by atoms with van der Waals surface area (Å²) in [6.07, 6.45) is 5.33. The number of aryl methyl sites for hydroxylation is 1. The molecule has 0 saturated carbocycles. The minimum atomic E-state index is 0.719. The first-order chi connectivity index (χ1) is 9.65. The molecular weight excluding hydrogens is 268 g/mol. The van der Waals surface area contributed by atoms with Gasteiger partial charge in [0.05, 0.1) is 0 Å². The fourth-order valence-electron chi connectivity index (χ4n) is 3.82. The number of hydrogen-bond acceptors (Lipinski definition) is 2. The van der Waals surface area contributed by atoms with E-state index in [1.807, 2.05) is 0 Å². The smallest absolute Gasteiger partial charge is 0.0453 e. The van der Waals surface area contributed by atoms with Crippen LogP contribution in [0, 0.1) is 6.92 Å². The van der Waals surface area contributed by atoms with Gasteiger partial charge in [-0.25, -0.2) is 0 Å². The molecule has 0 amide bonds. The monoisotopic (exact) mass is 292 g/mol. The standard InChI is InChI=1S/C17H25ClN2/c1-3-20(11-13-5-4-12(2)8-17(13)18)16-9-14-6-7-15(10-16)19-14/h4-5,8,14-16,19H,3,6-7,9-11H2,1-2H3. The largest absolute Gasteiger partial charge is 0.311 e. The third kappa shape index (κ3) is 3.03. The molecule has 0 radical (unpaired) electrons. The van der Waals surface area contributed by atoms with E-state index < -0.39 is 0 Å². The summed E-state index contributed by atoms with van der Waals surface area (Å²) in [5, 5.41) is 4.65. The van der Waals surface area contributed by atoms with Gasteiger partial charge >= 0.3 is 0 Å². The number of fused-ring (bicyclic) bond motifs is 2. The maximum Gasteiger partial charge on any atom is 0.0453 e. The van der Waals surface area contributed by atoms with E-state index in [4.69, 9.17) is 11.6 Å². The Labute approximate surface area is 127 Å². The molecular formula is C17H25ClN2. The van der Waals surface area contributed by atoms with Crippen molar-refractivity contribution in [3.63, 3.8) is 0 Å². The molecule has 2 saturated heterocycles. The minimum Gasteiger partial charge on any atom is -0.311 e. The number of nitrogens with one attached hydrogen (secondary N) is 1. The van der Waals surface area contributed by atoms with Crippen LogP contribution in [0.1, 0.15) is 43.7 Å². The number of nitrogens with zero attached hydrogens (tertiary/aromatic N) is 1. The predicted octanol–water partition coefficient (Wildman–Crippen LogP) is 3.75. The molecule has 2 aliphatic rings. The van der Waals surface area contributed by atoms with Crippen molar-refractivity contribution in [2.45, 2.75) is 64.2 Å². The molecule has 2 heterocycles. The van der Waals surface area contributed by atoms with Gasteiger partial charge in [-0.05, 0) is 56.3 Å². The SMILES string of the molecule is CCN(Cc1ccc(C)cc1Cl)C1CC2CCC(C1)N2. The van der Waals surface area contributed by atoms with Gasteiger partial charge < -0.3 is 5.32 Å². The van der Waals surface area contributed by atoms with E-state index >= 15 is 0 Å². The predicted molar refractivity (Wildman–Crippen MR) is 85.2 cm³/mol. The van der Waals surface area contributed by atoms with Crippen molar-refractivity contribution in [1.82, 2.24) is 10.2 Å². The van der Waals surface area contributed by atoms with Gasteiger partial charge in [0.25, 0.3) is 0 Å². The molecule has 20 heavy (non-hydrogen) atoms. The van der Waals surface area contributed by atoms with Crippen molar-refractivity contribution in [3.05, 3.63) is 34.3 Å². The van der Waals surface area contributed by atoms with Crippen molar-refractivity contribution >= 4 is 11.6 Å². The lowest BCUT2D eigenvalue weighted by Crippen LogP contribution is -2.47. The summed E-state index contributed by atoms with van der Waals surface area (Å²) in [5.74, 6) is 0. The van der Waals surface area contributed by atoms with Gasteiger partial charge in [-0.15, -0.1) is 0 Å². The summed E-state index contributed by atoms with van der Waals surface area (Å²) in [5.41, 5.74) is 2.51. The Morgan fingerprint density at radius 2 is 1.95 bits per heavy atom. The normalized spacial score (nSPS) is 29.1. The summed E-state index contributed by atoms with van der Waals surface area (Å²) in [6, 6.07) is 8.66. The third-order valence-electron chi connectivity index (χ3n) is 4.95. The Morgan fingerprint density at radius 3 is 2.55 bits per heavy atom. The highest BCUT2D eigenvalue weighted by atomic mass is 35.5. The molecule has 2 bridgehead atoms. The number of halogens is 1. The van der Waals surface area contributed by atoms with Crippen molar-refractivity contribution in [2.75, 3.05) is 6.54 Å². The molecule has 0 spiro atoms. The summed E-state index contributed by atoms with van der Waals surface area (Å²) in [6.45, 7) is 6.46. The molecule has 3 rings (SSSR count). The average Bonchev–Trinajstić information content (AvgIpc) is 2.77. The Morgan fingerprint density at radius 1 is 1.25 bits per heavy atom. The highest BCUT2D eigenvalue weighted by Gasteiger charge is 2.35. The van der Waals surface area contributed by atoms with Crippen LogP contribution >= 0.6 is 11.6 Å². The van der Waals surface area contributed by atoms with E-state index in [9.17, 15) is 0 Å². The number of piperidine rings is 1. The van der Waals surface area contributed by atoms with Crippen LogP contribution in [-0.2, 0) is 6.54 Å². The number of hydrogen-bond donors (Lipinski definition) is 1. The first-order valence-electron chi connectivity index (χ1n) is 7.91. The van der Waals surface area contributed by atoms with Gasteiger partial charge in [0.1, 0.15) is 0 Å². The van der Waals surface area contributed by atoms with E-state index in [0.29, 0.717) is 0 Å². The zero-order valence-corrected chi connectivity index (χ0v) is 13.3. The van der Waals surface area contributed by atoms with Gasteiger partial charge in [0.15, 0.2) is 0 Å². The first-order valence-corrected chi connectivity index (χ1v) is 8.28. The highest BCUT2D eigenvalue weighted by molar-refractivity contribution is 6.31. The maximum atomic E-state index is 6.40.